The second-order valence-corrected chi connectivity index (χ2v) is 4.39. The van der Waals surface area contributed by atoms with Gasteiger partial charge in [0.25, 0.3) is 0 Å². The van der Waals surface area contributed by atoms with Crippen LogP contribution in [0, 0.1) is 5.82 Å². The van der Waals surface area contributed by atoms with Crippen LogP contribution in [0.15, 0.2) is 42.6 Å². The number of rotatable bonds is 3. The van der Waals surface area contributed by atoms with E-state index in [4.69, 9.17) is 10.5 Å². The van der Waals surface area contributed by atoms with Gasteiger partial charge in [0.1, 0.15) is 5.75 Å². The summed E-state index contributed by atoms with van der Waals surface area (Å²) in [5.41, 5.74) is 8.39. The number of benzene rings is 1. The number of fused-ring (bicyclic) bond motifs is 1. The van der Waals surface area contributed by atoms with E-state index in [1.807, 2.05) is 24.3 Å². The fourth-order valence-corrected chi connectivity index (χ4v) is 2.28. The van der Waals surface area contributed by atoms with E-state index >= 15 is 0 Å². The standard InChI is InChI=1S/C15H14FN3O/c1-20-11-5-2-4-10(8-11)14-13(9-17)19-7-3-6-12(16)15(19)18-14/h2-8H,9,17H2,1H3. The van der Waals surface area contributed by atoms with Crippen LogP contribution in [0.2, 0.25) is 0 Å². The average Bonchev–Trinajstić information content (AvgIpc) is 2.87. The Morgan fingerprint density at radius 1 is 1.30 bits per heavy atom. The Bertz CT molecular complexity index is 767. The maximum absolute atomic E-state index is 13.8. The highest BCUT2D eigenvalue weighted by atomic mass is 19.1. The lowest BCUT2D eigenvalue weighted by atomic mass is 10.1. The van der Waals surface area contributed by atoms with Gasteiger partial charge in [0, 0.05) is 18.3 Å². The third-order valence-corrected chi connectivity index (χ3v) is 3.24. The minimum absolute atomic E-state index is 0.275. The maximum atomic E-state index is 13.8. The number of nitrogens with two attached hydrogens (primary N) is 1. The Morgan fingerprint density at radius 3 is 2.90 bits per heavy atom. The molecule has 0 aliphatic heterocycles. The van der Waals surface area contributed by atoms with Crippen molar-refractivity contribution in [2.75, 3.05) is 7.11 Å². The second-order valence-electron chi connectivity index (χ2n) is 4.39. The lowest BCUT2D eigenvalue weighted by Crippen LogP contribution is -2.02. The number of imidazole rings is 1. The SMILES string of the molecule is COc1cccc(-c2nc3c(F)cccn3c2CN)c1. The molecule has 3 rings (SSSR count). The summed E-state index contributed by atoms with van der Waals surface area (Å²) >= 11 is 0. The molecule has 0 atom stereocenters. The van der Waals surface area contributed by atoms with Crippen molar-refractivity contribution >= 4 is 5.65 Å². The molecule has 1 aromatic carbocycles. The monoisotopic (exact) mass is 271 g/mol. The maximum Gasteiger partial charge on any atom is 0.174 e. The molecule has 0 bridgehead atoms. The predicted octanol–water partition coefficient (Wildman–Crippen LogP) is 2.61. The Hall–Kier alpha value is -2.40. The largest absolute Gasteiger partial charge is 0.497 e. The zero-order valence-corrected chi connectivity index (χ0v) is 11.0. The molecule has 0 unspecified atom stereocenters. The quantitative estimate of drug-likeness (QED) is 0.796. The van der Waals surface area contributed by atoms with Gasteiger partial charge < -0.3 is 10.5 Å². The van der Waals surface area contributed by atoms with Crippen molar-refractivity contribution in [1.82, 2.24) is 9.38 Å². The highest BCUT2D eigenvalue weighted by molar-refractivity contribution is 5.68. The van der Waals surface area contributed by atoms with E-state index in [1.165, 1.54) is 6.07 Å². The normalized spacial score (nSPS) is 10.9. The van der Waals surface area contributed by atoms with Crippen molar-refractivity contribution in [3.8, 4) is 17.0 Å². The van der Waals surface area contributed by atoms with Gasteiger partial charge in [-0.1, -0.05) is 12.1 Å². The van der Waals surface area contributed by atoms with Crippen molar-refractivity contribution in [2.24, 2.45) is 5.73 Å². The van der Waals surface area contributed by atoms with Gasteiger partial charge in [-0.25, -0.2) is 9.37 Å². The molecule has 2 aromatic heterocycles. The highest BCUT2D eigenvalue weighted by Crippen LogP contribution is 2.27. The summed E-state index contributed by atoms with van der Waals surface area (Å²) in [4.78, 5) is 4.38. The zero-order chi connectivity index (χ0) is 14.1. The van der Waals surface area contributed by atoms with Gasteiger partial charge in [0.05, 0.1) is 18.5 Å². The van der Waals surface area contributed by atoms with Crippen LogP contribution in [-0.2, 0) is 6.54 Å². The topological polar surface area (TPSA) is 52.5 Å². The molecule has 0 amide bonds. The summed E-state index contributed by atoms with van der Waals surface area (Å²) in [6.07, 6.45) is 1.76. The van der Waals surface area contributed by atoms with Crippen molar-refractivity contribution in [3.05, 3.63) is 54.1 Å². The van der Waals surface area contributed by atoms with Gasteiger partial charge in [-0.05, 0) is 24.3 Å². The van der Waals surface area contributed by atoms with E-state index in [0.717, 1.165) is 17.0 Å². The Kier molecular flexibility index (Phi) is 3.12. The molecule has 5 heteroatoms. The molecule has 2 N–H and O–H groups in total. The molecular formula is C15H14FN3O. The number of hydrogen-bond acceptors (Lipinski definition) is 3. The number of hydrogen-bond donors (Lipinski definition) is 1. The average molecular weight is 271 g/mol. The van der Waals surface area contributed by atoms with Gasteiger partial charge in [0.2, 0.25) is 0 Å². The molecule has 4 nitrogen and oxygen atoms in total. The molecule has 0 saturated carbocycles. The Labute approximate surface area is 115 Å². The summed E-state index contributed by atoms with van der Waals surface area (Å²) in [6, 6.07) is 10.5. The summed E-state index contributed by atoms with van der Waals surface area (Å²) in [5, 5.41) is 0. The Balaban J connectivity index is 2.27. The molecule has 0 saturated heterocycles. The first-order valence-corrected chi connectivity index (χ1v) is 6.24. The van der Waals surface area contributed by atoms with E-state index in [-0.39, 0.29) is 18.0 Å². The molecule has 0 spiro atoms. The van der Waals surface area contributed by atoms with Crippen LogP contribution in [0.4, 0.5) is 4.39 Å². The highest BCUT2D eigenvalue weighted by Gasteiger charge is 2.15. The number of pyridine rings is 1. The van der Waals surface area contributed by atoms with E-state index in [1.54, 1.807) is 23.8 Å². The molecule has 2 heterocycles. The van der Waals surface area contributed by atoms with Crippen LogP contribution in [0.1, 0.15) is 5.69 Å². The van der Waals surface area contributed by atoms with Gasteiger partial charge in [0.15, 0.2) is 11.5 Å². The zero-order valence-electron chi connectivity index (χ0n) is 11.0. The van der Waals surface area contributed by atoms with Crippen LogP contribution >= 0.6 is 0 Å². The third kappa shape index (κ3) is 1.92. The number of nitrogens with zero attached hydrogens (tertiary/aromatic N) is 2. The molecule has 0 fully saturated rings. The number of methoxy groups -OCH3 is 1. The van der Waals surface area contributed by atoms with Crippen molar-refractivity contribution in [3.63, 3.8) is 0 Å². The van der Waals surface area contributed by atoms with Crippen molar-refractivity contribution in [2.45, 2.75) is 6.54 Å². The minimum atomic E-state index is -0.364. The van der Waals surface area contributed by atoms with Gasteiger partial charge >= 0.3 is 0 Å². The van der Waals surface area contributed by atoms with Crippen LogP contribution < -0.4 is 10.5 Å². The smallest absolute Gasteiger partial charge is 0.174 e. The number of halogens is 1. The molecule has 0 aliphatic rings. The lowest BCUT2D eigenvalue weighted by Gasteiger charge is -2.04. The lowest BCUT2D eigenvalue weighted by molar-refractivity contribution is 0.415. The first kappa shape index (κ1) is 12.6. The molecule has 3 aromatic rings. The molecular weight excluding hydrogens is 257 g/mol. The number of aromatic nitrogens is 2. The summed E-state index contributed by atoms with van der Waals surface area (Å²) in [5.74, 6) is 0.361. The van der Waals surface area contributed by atoms with Gasteiger partial charge in [-0.3, -0.25) is 4.40 Å². The summed E-state index contributed by atoms with van der Waals surface area (Å²) in [7, 11) is 1.60. The molecule has 20 heavy (non-hydrogen) atoms. The Morgan fingerprint density at radius 2 is 2.15 bits per heavy atom. The van der Waals surface area contributed by atoms with Crippen LogP contribution in [0.5, 0.6) is 5.75 Å². The summed E-state index contributed by atoms with van der Waals surface area (Å²) in [6.45, 7) is 0.275. The van der Waals surface area contributed by atoms with Crippen molar-refractivity contribution in [1.29, 1.82) is 0 Å². The molecule has 0 radical (unpaired) electrons. The number of ether oxygens (including phenoxy) is 1. The van der Waals surface area contributed by atoms with Crippen LogP contribution in [-0.4, -0.2) is 16.5 Å². The fourth-order valence-electron chi connectivity index (χ4n) is 2.28. The van der Waals surface area contributed by atoms with Crippen LogP contribution in [0.3, 0.4) is 0 Å². The fraction of sp³-hybridized carbons (Fsp3) is 0.133. The second kappa shape index (κ2) is 4.94. The van der Waals surface area contributed by atoms with E-state index < -0.39 is 0 Å². The third-order valence-electron chi connectivity index (χ3n) is 3.24. The molecule has 102 valence electrons. The first-order valence-electron chi connectivity index (χ1n) is 6.24. The van der Waals surface area contributed by atoms with Gasteiger partial charge in [-0.2, -0.15) is 0 Å². The minimum Gasteiger partial charge on any atom is -0.497 e. The van der Waals surface area contributed by atoms with E-state index in [9.17, 15) is 4.39 Å². The van der Waals surface area contributed by atoms with E-state index in [0.29, 0.717) is 5.69 Å². The van der Waals surface area contributed by atoms with E-state index in [2.05, 4.69) is 4.98 Å². The van der Waals surface area contributed by atoms with Crippen molar-refractivity contribution < 1.29 is 9.13 Å². The van der Waals surface area contributed by atoms with Gasteiger partial charge in [-0.15, -0.1) is 0 Å². The molecule has 0 aliphatic carbocycles. The predicted molar refractivity (Wildman–Crippen MR) is 75.0 cm³/mol. The first-order chi connectivity index (χ1) is 9.74. The van der Waals surface area contributed by atoms with Crippen LogP contribution in [0.25, 0.3) is 16.9 Å². The summed E-state index contributed by atoms with van der Waals surface area (Å²) < 4.78 is 20.7.